The number of amides is 1. The smallest absolute Gasteiger partial charge is 0.224 e. The Kier molecular flexibility index (Phi) is 6.72. The second-order valence-electron chi connectivity index (χ2n) is 5.35. The van der Waals surface area contributed by atoms with Crippen LogP contribution >= 0.6 is 0 Å². The lowest BCUT2D eigenvalue weighted by Crippen LogP contribution is -2.51. The van der Waals surface area contributed by atoms with Crippen LogP contribution in [0.2, 0.25) is 0 Å². The lowest BCUT2D eigenvalue weighted by atomic mass is 10.1. The molecule has 116 valence electrons. The van der Waals surface area contributed by atoms with Gasteiger partial charge in [-0.3, -0.25) is 9.69 Å². The number of nitrogens with zero attached hydrogens (tertiary/aromatic N) is 2. The molecule has 0 spiro atoms. The van der Waals surface area contributed by atoms with Gasteiger partial charge in [0.2, 0.25) is 5.91 Å². The van der Waals surface area contributed by atoms with E-state index in [-0.39, 0.29) is 11.9 Å². The number of ether oxygens (including phenoxy) is 2. The fourth-order valence-electron chi connectivity index (χ4n) is 2.65. The Labute approximate surface area is 121 Å². The minimum absolute atomic E-state index is 0.187. The van der Waals surface area contributed by atoms with Gasteiger partial charge in [0.05, 0.1) is 19.8 Å². The minimum atomic E-state index is 0.187. The Balaban J connectivity index is 1.63. The van der Waals surface area contributed by atoms with Crippen molar-refractivity contribution in [1.29, 1.82) is 0 Å². The SMILES string of the molecule is CCOCCN1CCN(C(=O)CC2COCCN2)CC1. The summed E-state index contributed by atoms with van der Waals surface area (Å²) in [7, 11) is 0. The third kappa shape index (κ3) is 5.01. The first-order valence-corrected chi connectivity index (χ1v) is 7.68. The van der Waals surface area contributed by atoms with Gasteiger partial charge in [-0.25, -0.2) is 0 Å². The fraction of sp³-hybridized carbons (Fsp3) is 0.929. The molecule has 0 aromatic carbocycles. The number of hydrogen-bond donors (Lipinski definition) is 1. The first-order valence-electron chi connectivity index (χ1n) is 7.68. The van der Waals surface area contributed by atoms with E-state index in [1.807, 2.05) is 11.8 Å². The van der Waals surface area contributed by atoms with E-state index < -0.39 is 0 Å². The van der Waals surface area contributed by atoms with E-state index in [1.165, 1.54) is 0 Å². The molecule has 2 aliphatic rings. The average molecular weight is 285 g/mol. The highest BCUT2D eigenvalue weighted by Gasteiger charge is 2.24. The summed E-state index contributed by atoms with van der Waals surface area (Å²) < 4.78 is 10.8. The third-order valence-corrected chi connectivity index (χ3v) is 3.90. The van der Waals surface area contributed by atoms with Gasteiger partial charge in [-0.2, -0.15) is 0 Å². The van der Waals surface area contributed by atoms with Crippen molar-refractivity contribution in [2.45, 2.75) is 19.4 Å². The van der Waals surface area contributed by atoms with Gasteiger partial charge >= 0.3 is 0 Å². The number of morpholine rings is 1. The molecule has 0 bridgehead atoms. The zero-order valence-corrected chi connectivity index (χ0v) is 12.5. The largest absolute Gasteiger partial charge is 0.380 e. The second-order valence-corrected chi connectivity index (χ2v) is 5.35. The van der Waals surface area contributed by atoms with E-state index in [4.69, 9.17) is 9.47 Å². The van der Waals surface area contributed by atoms with Crippen LogP contribution in [0.15, 0.2) is 0 Å². The Morgan fingerprint density at radius 3 is 2.80 bits per heavy atom. The van der Waals surface area contributed by atoms with Crippen LogP contribution < -0.4 is 5.32 Å². The molecular formula is C14H27N3O3. The summed E-state index contributed by atoms with van der Waals surface area (Å²) in [6.45, 7) is 10.4. The van der Waals surface area contributed by atoms with Crippen molar-refractivity contribution in [3.63, 3.8) is 0 Å². The molecule has 2 rings (SSSR count). The number of nitrogens with one attached hydrogen (secondary N) is 1. The van der Waals surface area contributed by atoms with Crippen molar-refractivity contribution in [1.82, 2.24) is 15.1 Å². The van der Waals surface area contributed by atoms with Crippen LogP contribution in [0.5, 0.6) is 0 Å². The number of carbonyl (C=O) groups excluding carboxylic acids is 1. The number of hydrogen-bond acceptors (Lipinski definition) is 5. The highest BCUT2D eigenvalue weighted by molar-refractivity contribution is 5.77. The molecule has 1 amide bonds. The first kappa shape index (κ1) is 15.7. The predicted molar refractivity (Wildman–Crippen MR) is 76.7 cm³/mol. The fourth-order valence-corrected chi connectivity index (χ4v) is 2.65. The lowest BCUT2D eigenvalue weighted by Gasteiger charge is -2.35. The Hall–Kier alpha value is -0.690. The van der Waals surface area contributed by atoms with Gasteiger partial charge in [-0.15, -0.1) is 0 Å². The molecule has 1 atom stereocenters. The standard InChI is InChI=1S/C14H27N3O3/c1-2-19-10-8-16-4-6-17(7-5-16)14(18)11-13-12-20-9-3-15-13/h13,15H,2-12H2,1H3. The van der Waals surface area contributed by atoms with Gasteiger partial charge in [0.15, 0.2) is 0 Å². The maximum atomic E-state index is 12.2. The summed E-state index contributed by atoms with van der Waals surface area (Å²) in [5.41, 5.74) is 0. The summed E-state index contributed by atoms with van der Waals surface area (Å²) >= 11 is 0. The minimum Gasteiger partial charge on any atom is -0.380 e. The maximum Gasteiger partial charge on any atom is 0.224 e. The Morgan fingerprint density at radius 2 is 2.15 bits per heavy atom. The van der Waals surface area contributed by atoms with Crippen LogP contribution in [0.1, 0.15) is 13.3 Å². The zero-order valence-electron chi connectivity index (χ0n) is 12.5. The van der Waals surface area contributed by atoms with Crippen molar-refractivity contribution in [3.8, 4) is 0 Å². The third-order valence-electron chi connectivity index (χ3n) is 3.90. The van der Waals surface area contributed by atoms with Crippen LogP contribution in [-0.4, -0.2) is 87.4 Å². The summed E-state index contributed by atoms with van der Waals surface area (Å²) in [4.78, 5) is 16.6. The summed E-state index contributed by atoms with van der Waals surface area (Å²) in [5.74, 6) is 0.248. The maximum absolute atomic E-state index is 12.2. The highest BCUT2D eigenvalue weighted by Crippen LogP contribution is 2.07. The topological polar surface area (TPSA) is 54.0 Å². The van der Waals surface area contributed by atoms with Crippen molar-refractivity contribution in [2.24, 2.45) is 0 Å². The molecule has 1 unspecified atom stereocenters. The molecule has 6 nitrogen and oxygen atoms in total. The van der Waals surface area contributed by atoms with Gasteiger partial charge in [0, 0.05) is 58.3 Å². The van der Waals surface area contributed by atoms with Crippen molar-refractivity contribution < 1.29 is 14.3 Å². The highest BCUT2D eigenvalue weighted by atomic mass is 16.5. The van der Waals surface area contributed by atoms with Gasteiger partial charge in [0.25, 0.3) is 0 Å². The molecule has 1 N–H and O–H groups in total. The number of rotatable bonds is 6. The molecule has 0 radical (unpaired) electrons. The molecule has 20 heavy (non-hydrogen) atoms. The van der Waals surface area contributed by atoms with E-state index in [2.05, 4.69) is 10.2 Å². The quantitative estimate of drug-likeness (QED) is 0.670. The number of piperazine rings is 1. The van der Waals surface area contributed by atoms with Crippen molar-refractivity contribution in [2.75, 3.05) is 65.7 Å². The van der Waals surface area contributed by atoms with Gasteiger partial charge in [-0.1, -0.05) is 0 Å². The molecule has 2 saturated heterocycles. The van der Waals surface area contributed by atoms with E-state index in [9.17, 15) is 4.79 Å². The predicted octanol–water partition coefficient (Wildman–Crippen LogP) is -0.454. The summed E-state index contributed by atoms with van der Waals surface area (Å²) in [6, 6.07) is 0.187. The Morgan fingerprint density at radius 1 is 1.35 bits per heavy atom. The van der Waals surface area contributed by atoms with Gasteiger partial charge < -0.3 is 19.7 Å². The van der Waals surface area contributed by atoms with Gasteiger partial charge in [-0.05, 0) is 6.92 Å². The van der Waals surface area contributed by atoms with Gasteiger partial charge in [0.1, 0.15) is 0 Å². The summed E-state index contributed by atoms with van der Waals surface area (Å²) in [6.07, 6.45) is 0.555. The molecule has 6 heteroatoms. The monoisotopic (exact) mass is 285 g/mol. The van der Waals surface area contributed by atoms with Crippen LogP contribution in [0.3, 0.4) is 0 Å². The van der Waals surface area contributed by atoms with Crippen molar-refractivity contribution in [3.05, 3.63) is 0 Å². The lowest BCUT2D eigenvalue weighted by molar-refractivity contribution is -0.134. The molecule has 0 aromatic rings. The molecule has 0 saturated carbocycles. The second kappa shape index (κ2) is 8.56. The van der Waals surface area contributed by atoms with Crippen LogP contribution in [-0.2, 0) is 14.3 Å². The van der Waals surface area contributed by atoms with Crippen molar-refractivity contribution >= 4 is 5.91 Å². The normalized spacial score (nSPS) is 24.9. The Bertz CT molecular complexity index is 287. The summed E-state index contributed by atoms with van der Waals surface area (Å²) in [5, 5.41) is 3.33. The van der Waals surface area contributed by atoms with Crippen LogP contribution in [0.25, 0.3) is 0 Å². The average Bonchev–Trinajstić information content (AvgIpc) is 2.49. The van der Waals surface area contributed by atoms with E-state index in [0.717, 1.165) is 59.1 Å². The number of carbonyl (C=O) groups is 1. The molecule has 2 heterocycles. The zero-order chi connectivity index (χ0) is 14.2. The molecule has 2 aliphatic heterocycles. The van der Waals surface area contributed by atoms with E-state index in [1.54, 1.807) is 0 Å². The van der Waals surface area contributed by atoms with Crippen LogP contribution in [0, 0.1) is 0 Å². The van der Waals surface area contributed by atoms with Crippen LogP contribution in [0.4, 0.5) is 0 Å². The molecule has 2 fully saturated rings. The molecular weight excluding hydrogens is 258 g/mol. The van der Waals surface area contributed by atoms with E-state index >= 15 is 0 Å². The molecule has 0 aliphatic carbocycles. The van der Waals surface area contributed by atoms with E-state index in [0.29, 0.717) is 13.0 Å². The first-order chi connectivity index (χ1) is 9.79. The molecule has 0 aromatic heterocycles.